The molecule has 0 radical (unpaired) electrons. The number of esters is 1. The molecule has 0 N–H and O–H groups in total. The Balaban J connectivity index is 1.59. The zero-order chi connectivity index (χ0) is 22.0. The number of methoxy groups -OCH3 is 2. The Morgan fingerprint density at radius 2 is 1.84 bits per heavy atom. The monoisotopic (exact) mass is 418 g/mol. The fourth-order valence-corrected chi connectivity index (χ4v) is 4.79. The van der Waals surface area contributed by atoms with Gasteiger partial charge in [0.05, 0.1) is 26.4 Å². The molecule has 31 heavy (non-hydrogen) atoms. The number of likely N-dealkylation sites (tertiary alicyclic amines) is 1. The predicted octanol–water partition coefficient (Wildman–Crippen LogP) is 4.73. The molecular weight excluding hydrogens is 392 g/mol. The van der Waals surface area contributed by atoms with Gasteiger partial charge in [0.15, 0.2) is 17.2 Å². The van der Waals surface area contributed by atoms with Crippen molar-refractivity contribution in [1.82, 2.24) is 4.90 Å². The smallest absolute Gasteiger partial charge is 0.343 e. The second kappa shape index (κ2) is 8.44. The maximum Gasteiger partial charge on any atom is 0.343 e. The van der Waals surface area contributed by atoms with E-state index >= 15 is 0 Å². The minimum atomic E-state index is -0.387. The molecule has 2 aromatic rings. The third kappa shape index (κ3) is 3.77. The van der Waals surface area contributed by atoms with Crippen LogP contribution in [0.1, 0.15) is 35.2 Å². The summed E-state index contributed by atoms with van der Waals surface area (Å²) in [5.41, 5.74) is 2.11. The number of hydrogen-bond acceptors (Lipinski definition) is 5. The van der Waals surface area contributed by atoms with Crippen molar-refractivity contribution < 1.29 is 19.0 Å². The van der Waals surface area contributed by atoms with Gasteiger partial charge in [0.1, 0.15) is 5.76 Å². The minimum absolute atomic E-state index is 0.0541. The first kappa shape index (κ1) is 21.0. The van der Waals surface area contributed by atoms with Gasteiger partial charge in [0.25, 0.3) is 0 Å². The van der Waals surface area contributed by atoms with E-state index in [1.165, 1.54) is 5.56 Å². The van der Waals surface area contributed by atoms with Crippen LogP contribution in [0.25, 0.3) is 4.85 Å². The highest BCUT2D eigenvalue weighted by Gasteiger charge is 2.48. The van der Waals surface area contributed by atoms with Crippen LogP contribution in [-0.2, 0) is 10.2 Å². The van der Waals surface area contributed by atoms with E-state index in [0.717, 1.165) is 30.9 Å². The molecule has 0 bridgehead atoms. The topological polar surface area (TPSA) is 52.4 Å². The van der Waals surface area contributed by atoms with Crippen LogP contribution in [0.15, 0.2) is 54.3 Å². The standard InChI is InChI=1S/C25H26N2O4/c1-26-19-8-5-17(6-9-19)24(28)31-20-11-12-25(13-14-27(2)23(25)16-20)18-7-10-21(29-3)22(15-18)30-4/h5-10,15-16,23H,11-14H2,2-4H3. The third-order valence-corrected chi connectivity index (χ3v) is 6.53. The molecule has 4 rings (SSSR count). The maximum absolute atomic E-state index is 12.6. The molecule has 1 aliphatic heterocycles. The quantitative estimate of drug-likeness (QED) is 0.519. The van der Waals surface area contributed by atoms with E-state index in [1.807, 2.05) is 6.07 Å². The summed E-state index contributed by atoms with van der Waals surface area (Å²) in [6, 6.07) is 12.8. The first-order valence-corrected chi connectivity index (χ1v) is 10.3. The number of hydrogen-bond donors (Lipinski definition) is 0. The van der Waals surface area contributed by atoms with Crippen molar-refractivity contribution in [2.45, 2.75) is 30.7 Å². The average molecular weight is 418 g/mol. The minimum Gasteiger partial charge on any atom is -0.493 e. The van der Waals surface area contributed by atoms with Crippen molar-refractivity contribution in [2.75, 3.05) is 27.8 Å². The highest BCUT2D eigenvalue weighted by atomic mass is 16.5. The van der Waals surface area contributed by atoms with Gasteiger partial charge in [-0.2, -0.15) is 0 Å². The van der Waals surface area contributed by atoms with Crippen LogP contribution in [0.3, 0.4) is 0 Å². The Morgan fingerprint density at radius 3 is 2.52 bits per heavy atom. The summed E-state index contributed by atoms with van der Waals surface area (Å²) in [5, 5.41) is 0. The first-order valence-electron chi connectivity index (χ1n) is 10.3. The molecule has 160 valence electrons. The number of allylic oxidation sites excluding steroid dienone is 1. The van der Waals surface area contributed by atoms with Gasteiger partial charge in [-0.05, 0) is 50.2 Å². The Bertz CT molecular complexity index is 1050. The van der Waals surface area contributed by atoms with E-state index in [9.17, 15) is 4.79 Å². The van der Waals surface area contributed by atoms with E-state index in [4.69, 9.17) is 20.8 Å². The largest absolute Gasteiger partial charge is 0.493 e. The summed E-state index contributed by atoms with van der Waals surface area (Å²) >= 11 is 0. The number of likely N-dealkylation sites (N-methyl/N-ethyl adjacent to an activating group) is 1. The number of carbonyl (C=O) groups excluding carboxylic acids is 1. The van der Waals surface area contributed by atoms with Gasteiger partial charge >= 0.3 is 5.97 Å². The zero-order valence-electron chi connectivity index (χ0n) is 18.1. The molecule has 2 aliphatic rings. The van der Waals surface area contributed by atoms with Crippen LogP contribution < -0.4 is 9.47 Å². The molecule has 0 aromatic heterocycles. The van der Waals surface area contributed by atoms with Crippen molar-refractivity contribution in [3.63, 3.8) is 0 Å². The molecular formula is C25H26N2O4. The van der Waals surface area contributed by atoms with Gasteiger partial charge in [-0.25, -0.2) is 9.64 Å². The van der Waals surface area contributed by atoms with Crippen LogP contribution in [0.4, 0.5) is 5.69 Å². The lowest BCUT2D eigenvalue weighted by atomic mass is 9.68. The molecule has 2 unspecified atom stereocenters. The normalized spacial score (nSPS) is 22.8. The average Bonchev–Trinajstić information content (AvgIpc) is 3.15. The van der Waals surface area contributed by atoms with Gasteiger partial charge in [-0.1, -0.05) is 30.3 Å². The van der Waals surface area contributed by atoms with Crippen LogP contribution in [-0.4, -0.2) is 44.7 Å². The van der Waals surface area contributed by atoms with E-state index < -0.39 is 0 Å². The van der Waals surface area contributed by atoms with Crippen molar-refractivity contribution in [1.29, 1.82) is 0 Å². The summed E-state index contributed by atoms with van der Waals surface area (Å²) < 4.78 is 16.7. The van der Waals surface area contributed by atoms with Crippen LogP contribution in [0, 0.1) is 6.57 Å². The molecule has 1 saturated heterocycles. The number of fused-ring (bicyclic) bond motifs is 1. The summed E-state index contributed by atoms with van der Waals surface area (Å²) in [6.07, 6.45) is 4.69. The van der Waals surface area contributed by atoms with Crippen molar-refractivity contribution in [3.05, 3.63) is 76.8 Å². The Morgan fingerprint density at radius 1 is 1.10 bits per heavy atom. The fraction of sp³-hybridized carbons (Fsp3) is 0.360. The lowest BCUT2D eigenvalue weighted by molar-refractivity contribution is 0.0593. The number of rotatable bonds is 5. The number of nitrogens with zero attached hydrogens (tertiary/aromatic N) is 2. The van der Waals surface area contributed by atoms with Crippen LogP contribution in [0.5, 0.6) is 11.5 Å². The Labute approximate surface area is 182 Å². The predicted molar refractivity (Wildman–Crippen MR) is 118 cm³/mol. The lowest BCUT2D eigenvalue weighted by Crippen LogP contribution is -2.42. The molecule has 1 heterocycles. The maximum atomic E-state index is 12.6. The molecule has 6 nitrogen and oxygen atoms in total. The molecule has 2 atom stereocenters. The zero-order valence-corrected chi connectivity index (χ0v) is 18.1. The molecule has 0 spiro atoms. The van der Waals surface area contributed by atoms with Crippen molar-refractivity contribution in [3.8, 4) is 11.5 Å². The summed E-state index contributed by atoms with van der Waals surface area (Å²) in [4.78, 5) is 18.3. The van der Waals surface area contributed by atoms with Gasteiger partial charge in [-0.3, -0.25) is 4.90 Å². The summed E-state index contributed by atoms with van der Waals surface area (Å²) in [7, 11) is 5.40. The summed E-state index contributed by atoms with van der Waals surface area (Å²) in [5.74, 6) is 1.76. The van der Waals surface area contributed by atoms with Crippen molar-refractivity contribution in [2.24, 2.45) is 0 Å². The van der Waals surface area contributed by atoms with Crippen LogP contribution in [0.2, 0.25) is 0 Å². The van der Waals surface area contributed by atoms with Gasteiger partial charge in [0.2, 0.25) is 0 Å². The second-order valence-electron chi connectivity index (χ2n) is 8.08. The Kier molecular flexibility index (Phi) is 5.71. The van der Waals surface area contributed by atoms with E-state index in [-0.39, 0.29) is 17.4 Å². The van der Waals surface area contributed by atoms with E-state index in [1.54, 1.807) is 38.5 Å². The second-order valence-corrected chi connectivity index (χ2v) is 8.08. The Hall–Kier alpha value is -3.30. The van der Waals surface area contributed by atoms with Crippen molar-refractivity contribution >= 4 is 11.7 Å². The molecule has 6 heteroatoms. The van der Waals surface area contributed by atoms with E-state index in [0.29, 0.717) is 23.4 Å². The lowest BCUT2D eigenvalue weighted by Gasteiger charge is -2.40. The molecule has 1 fully saturated rings. The summed E-state index contributed by atoms with van der Waals surface area (Å²) in [6.45, 7) is 8.00. The van der Waals surface area contributed by atoms with Gasteiger partial charge in [-0.15, -0.1) is 0 Å². The molecule has 2 aromatic carbocycles. The highest BCUT2D eigenvalue weighted by molar-refractivity contribution is 5.90. The number of ether oxygens (including phenoxy) is 3. The SMILES string of the molecule is [C-]#[N+]c1ccc(C(=O)OC2=CC3N(C)CCC3(c3ccc(OC)c(OC)c3)CC2)cc1. The van der Waals surface area contributed by atoms with Gasteiger partial charge < -0.3 is 14.2 Å². The third-order valence-electron chi connectivity index (χ3n) is 6.53. The van der Waals surface area contributed by atoms with Crippen LogP contribution >= 0.6 is 0 Å². The molecule has 0 saturated carbocycles. The number of benzene rings is 2. The first-order chi connectivity index (χ1) is 15.0. The fourth-order valence-electron chi connectivity index (χ4n) is 4.79. The molecule has 0 amide bonds. The highest BCUT2D eigenvalue weighted by Crippen LogP contribution is 2.49. The number of carbonyl (C=O) groups is 1. The molecule has 1 aliphatic carbocycles. The van der Waals surface area contributed by atoms with Gasteiger partial charge in [0, 0.05) is 17.9 Å². The van der Waals surface area contributed by atoms with E-state index in [2.05, 4.69) is 35.0 Å².